The van der Waals surface area contributed by atoms with Gasteiger partial charge in [0.1, 0.15) is 12.1 Å². The highest BCUT2D eigenvalue weighted by molar-refractivity contribution is 6.08. The Bertz CT molecular complexity index is 836. The number of esters is 1. The number of benzene rings is 1. The van der Waals surface area contributed by atoms with Crippen LogP contribution in [0.3, 0.4) is 0 Å². The summed E-state index contributed by atoms with van der Waals surface area (Å²) in [5.74, 6) is -2.50. The largest absolute Gasteiger partial charge is 0.454 e. The smallest absolute Gasteiger partial charge is 0.326 e. The van der Waals surface area contributed by atoms with E-state index >= 15 is 0 Å². The second-order valence-corrected chi connectivity index (χ2v) is 7.04. The molecule has 1 saturated heterocycles. The van der Waals surface area contributed by atoms with Gasteiger partial charge in [-0.05, 0) is 19.4 Å². The van der Waals surface area contributed by atoms with Crippen LogP contribution in [0.15, 0.2) is 24.3 Å². The SMILES string of the molecule is Cc1ccc([C@]2(C)NC(=O)N(CC(=O)OCC(=O)NCC(=O)N(C)C)C2=O)cc1. The van der Waals surface area contributed by atoms with Crippen LogP contribution in [0.2, 0.25) is 0 Å². The number of ether oxygens (including phenoxy) is 1. The van der Waals surface area contributed by atoms with E-state index in [0.29, 0.717) is 5.56 Å². The summed E-state index contributed by atoms with van der Waals surface area (Å²) in [6.07, 6.45) is 0. The topological polar surface area (TPSA) is 125 Å². The van der Waals surface area contributed by atoms with E-state index < -0.39 is 42.5 Å². The van der Waals surface area contributed by atoms with E-state index in [1.165, 1.54) is 19.0 Å². The molecule has 1 atom stereocenters. The first kappa shape index (κ1) is 21.9. The number of rotatable bonds is 7. The van der Waals surface area contributed by atoms with E-state index in [1.54, 1.807) is 19.1 Å². The number of nitrogens with zero attached hydrogens (tertiary/aromatic N) is 2. The van der Waals surface area contributed by atoms with Gasteiger partial charge >= 0.3 is 12.0 Å². The summed E-state index contributed by atoms with van der Waals surface area (Å²) >= 11 is 0. The van der Waals surface area contributed by atoms with Crippen LogP contribution in [0.1, 0.15) is 18.1 Å². The van der Waals surface area contributed by atoms with Crippen molar-refractivity contribution < 1.29 is 28.7 Å². The Kier molecular flexibility index (Phi) is 6.57. The third-order valence-corrected chi connectivity index (χ3v) is 4.49. The second-order valence-electron chi connectivity index (χ2n) is 7.04. The highest BCUT2D eigenvalue weighted by atomic mass is 16.5. The number of hydrogen-bond acceptors (Lipinski definition) is 6. The molecular weight excluding hydrogens is 380 g/mol. The van der Waals surface area contributed by atoms with Crippen molar-refractivity contribution >= 4 is 29.7 Å². The van der Waals surface area contributed by atoms with Crippen molar-refractivity contribution in [2.24, 2.45) is 0 Å². The fourth-order valence-electron chi connectivity index (χ4n) is 2.63. The molecule has 0 bridgehead atoms. The number of carbonyl (C=O) groups is 5. The van der Waals surface area contributed by atoms with Gasteiger partial charge in [-0.1, -0.05) is 29.8 Å². The molecule has 10 heteroatoms. The Morgan fingerprint density at radius 1 is 1.17 bits per heavy atom. The Hall–Kier alpha value is -3.43. The fourth-order valence-corrected chi connectivity index (χ4v) is 2.63. The molecule has 0 aromatic heterocycles. The Labute approximate surface area is 168 Å². The molecule has 1 aromatic carbocycles. The number of imide groups is 1. The van der Waals surface area contributed by atoms with E-state index in [4.69, 9.17) is 4.74 Å². The average Bonchev–Trinajstić information content (AvgIpc) is 2.88. The molecule has 10 nitrogen and oxygen atoms in total. The summed E-state index contributed by atoms with van der Waals surface area (Å²) in [5.41, 5.74) is 0.289. The van der Waals surface area contributed by atoms with Crippen LogP contribution in [0, 0.1) is 6.92 Å². The molecule has 29 heavy (non-hydrogen) atoms. The van der Waals surface area contributed by atoms with Gasteiger partial charge in [0.2, 0.25) is 5.91 Å². The first-order chi connectivity index (χ1) is 13.5. The molecule has 1 aromatic rings. The third-order valence-electron chi connectivity index (χ3n) is 4.49. The molecule has 2 N–H and O–H groups in total. The summed E-state index contributed by atoms with van der Waals surface area (Å²) in [4.78, 5) is 62.0. The van der Waals surface area contributed by atoms with Crippen LogP contribution in [0.25, 0.3) is 0 Å². The molecule has 0 unspecified atom stereocenters. The molecule has 156 valence electrons. The average molecular weight is 404 g/mol. The van der Waals surface area contributed by atoms with Crippen molar-refractivity contribution in [3.05, 3.63) is 35.4 Å². The van der Waals surface area contributed by atoms with Crippen molar-refractivity contribution in [1.29, 1.82) is 0 Å². The lowest BCUT2D eigenvalue weighted by Gasteiger charge is -2.22. The quantitative estimate of drug-likeness (QED) is 0.467. The van der Waals surface area contributed by atoms with Crippen molar-refractivity contribution in [3.8, 4) is 0 Å². The maximum Gasteiger partial charge on any atom is 0.326 e. The fraction of sp³-hybridized carbons (Fsp3) is 0.421. The van der Waals surface area contributed by atoms with Gasteiger partial charge in [0.15, 0.2) is 6.61 Å². The van der Waals surface area contributed by atoms with Crippen molar-refractivity contribution in [1.82, 2.24) is 20.4 Å². The summed E-state index contributed by atoms with van der Waals surface area (Å²) < 4.78 is 4.80. The zero-order valence-electron chi connectivity index (χ0n) is 16.8. The van der Waals surface area contributed by atoms with E-state index in [-0.39, 0.29) is 12.5 Å². The summed E-state index contributed by atoms with van der Waals surface area (Å²) in [7, 11) is 3.08. The molecule has 0 saturated carbocycles. The van der Waals surface area contributed by atoms with Crippen LogP contribution in [-0.4, -0.2) is 73.3 Å². The predicted molar refractivity (Wildman–Crippen MR) is 101 cm³/mol. The van der Waals surface area contributed by atoms with E-state index in [1.807, 2.05) is 19.1 Å². The minimum atomic E-state index is -1.30. The minimum Gasteiger partial charge on any atom is -0.454 e. The summed E-state index contributed by atoms with van der Waals surface area (Å²) in [5, 5.41) is 4.89. The molecule has 0 aliphatic carbocycles. The second kappa shape index (κ2) is 8.72. The van der Waals surface area contributed by atoms with Crippen LogP contribution in [0.5, 0.6) is 0 Å². The monoisotopic (exact) mass is 404 g/mol. The maximum atomic E-state index is 12.8. The standard InChI is InChI=1S/C19H24N4O6/c1-12-5-7-13(8-6-12)19(2)17(27)23(18(28)21-19)10-16(26)29-11-14(24)20-9-15(25)22(3)4/h5-8H,9-11H2,1-4H3,(H,20,24)(H,21,28)/t19-/m0/s1. The Morgan fingerprint density at radius 3 is 2.38 bits per heavy atom. The van der Waals surface area contributed by atoms with Crippen LogP contribution >= 0.6 is 0 Å². The Balaban J connectivity index is 1.91. The van der Waals surface area contributed by atoms with Gasteiger partial charge < -0.3 is 20.3 Å². The van der Waals surface area contributed by atoms with Gasteiger partial charge in [-0.3, -0.25) is 24.1 Å². The normalized spacial score (nSPS) is 18.3. The van der Waals surface area contributed by atoms with Crippen molar-refractivity contribution in [3.63, 3.8) is 0 Å². The molecule has 2 rings (SSSR count). The van der Waals surface area contributed by atoms with Gasteiger partial charge in [0.05, 0.1) is 6.54 Å². The zero-order chi connectivity index (χ0) is 21.8. The number of likely N-dealkylation sites (N-methyl/N-ethyl adjacent to an activating group) is 1. The number of amides is 5. The molecule has 1 fully saturated rings. The van der Waals surface area contributed by atoms with Gasteiger partial charge in [-0.2, -0.15) is 0 Å². The maximum absolute atomic E-state index is 12.8. The van der Waals surface area contributed by atoms with Crippen LogP contribution in [0.4, 0.5) is 4.79 Å². The molecule has 1 aliphatic rings. The number of nitrogens with one attached hydrogen (secondary N) is 2. The first-order valence-corrected chi connectivity index (χ1v) is 8.88. The lowest BCUT2D eigenvalue weighted by Crippen LogP contribution is -2.42. The van der Waals surface area contributed by atoms with E-state index in [2.05, 4.69) is 10.6 Å². The summed E-state index contributed by atoms with van der Waals surface area (Å²) in [6.45, 7) is 1.97. The number of hydrogen-bond donors (Lipinski definition) is 2. The van der Waals surface area contributed by atoms with Gasteiger partial charge in [-0.15, -0.1) is 0 Å². The van der Waals surface area contributed by atoms with Crippen LogP contribution < -0.4 is 10.6 Å². The zero-order valence-corrected chi connectivity index (χ0v) is 16.8. The molecule has 0 radical (unpaired) electrons. The molecular formula is C19H24N4O6. The third kappa shape index (κ3) is 5.09. The number of aryl methyl sites for hydroxylation is 1. The lowest BCUT2D eigenvalue weighted by atomic mass is 9.91. The first-order valence-electron chi connectivity index (χ1n) is 8.88. The van der Waals surface area contributed by atoms with Gasteiger partial charge in [0.25, 0.3) is 11.8 Å². The number of urea groups is 1. The molecule has 0 spiro atoms. The summed E-state index contributed by atoms with van der Waals surface area (Å²) in [6, 6.07) is 6.37. The lowest BCUT2D eigenvalue weighted by molar-refractivity contribution is -0.151. The molecule has 5 amide bonds. The van der Waals surface area contributed by atoms with Crippen LogP contribution in [-0.2, 0) is 29.5 Å². The highest BCUT2D eigenvalue weighted by Gasteiger charge is 2.49. The Morgan fingerprint density at radius 2 is 1.79 bits per heavy atom. The molecule has 1 heterocycles. The predicted octanol–water partition coefficient (Wildman–Crippen LogP) is -0.490. The van der Waals surface area contributed by atoms with Gasteiger partial charge in [-0.25, -0.2) is 4.79 Å². The van der Waals surface area contributed by atoms with E-state index in [0.717, 1.165) is 10.5 Å². The van der Waals surface area contributed by atoms with Gasteiger partial charge in [0, 0.05) is 14.1 Å². The number of carbonyl (C=O) groups excluding carboxylic acids is 5. The molecule has 1 aliphatic heterocycles. The highest BCUT2D eigenvalue weighted by Crippen LogP contribution is 2.28. The van der Waals surface area contributed by atoms with E-state index in [9.17, 15) is 24.0 Å². The minimum absolute atomic E-state index is 0.231. The van der Waals surface area contributed by atoms with Crippen molar-refractivity contribution in [2.45, 2.75) is 19.4 Å². The van der Waals surface area contributed by atoms with Crippen molar-refractivity contribution in [2.75, 3.05) is 33.8 Å².